The van der Waals surface area contributed by atoms with Crippen LogP contribution in [0.3, 0.4) is 0 Å². The van der Waals surface area contributed by atoms with Crippen molar-refractivity contribution in [2.24, 2.45) is 29.6 Å². The van der Waals surface area contributed by atoms with E-state index in [0.29, 0.717) is 17.6 Å². The molecule has 0 amide bonds. The minimum atomic E-state index is 0.258. The summed E-state index contributed by atoms with van der Waals surface area (Å²) in [6.07, 6.45) is 6.59. The molecule has 4 saturated carbocycles. The second-order valence-corrected chi connectivity index (χ2v) is 7.52. The Labute approximate surface area is 126 Å². The summed E-state index contributed by atoms with van der Waals surface area (Å²) in [6, 6.07) is 5.98. The maximum Gasteiger partial charge on any atom is 0.170 e. The lowest BCUT2D eigenvalue weighted by molar-refractivity contribution is -0.0252. The van der Waals surface area contributed by atoms with E-state index in [0.717, 1.165) is 28.7 Å². The molecule has 0 N–H and O–H groups in total. The first kappa shape index (κ1) is 13.4. The minimum absolute atomic E-state index is 0.258. The van der Waals surface area contributed by atoms with Crippen molar-refractivity contribution in [3.63, 3.8) is 0 Å². The van der Waals surface area contributed by atoms with Crippen LogP contribution in [0.5, 0.6) is 5.75 Å². The van der Waals surface area contributed by atoms with Crippen LogP contribution in [-0.2, 0) is 0 Å². The van der Waals surface area contributed by atoms with Crippen molar-refractivity contribution >= 4 is 5.78 Å². The maximum atomic E-state index is 13.2. The van der Waals surface area contributed by atoms with Crippen LogP contribution in [0.25, 0.3) is 0 Å². The Morgan fingerprint density at radius 2 is 1.67 bits per heavy atom. The van der Waals surface area contributed by atoms with E-state index < -0.39 is 0 Å². The van der Waals surface area contributed by atoms with Gasteiger partial charge < -0.3 is 4.74 Å². The Morgan fingerprint density at radius 3 is 2.24 bits per heavy atom. The molecular formula is C19H24O2. The summed E-state index contributed by atoms with van der Waals surface area (Å²) in [5.41, 5.74) is 1.96. The van der Waals surface area contributed by atoms with Crippen molar-refractivity contribution in [2.45, 2.75) is 39.0 Å². The average Bonchev–Trinajstić information content (AvgIpc) is 2.46. The highest BCUT2D eigenvalue weighted by atomic mass is 16.5. The zero-order valence-electron chi connectivity index (χ0n) is 13.0. The van der Waals surface area contributed by atoms with Gasteiger partial charge in [0, 0.05) is 5.92 Å². The SMILES string of the molecule is COc1ccc(C)cc1C(=O)C1C2CC3CC(C2)CC1C3. The average molecular weight is 284 g/mol. The minimum Gasteiger partial charge on any atom is -0.496 e. The number of carbonyl (C=O) groups excluding carboxylic acids is 1. The van der Waals surface area contributed by atoms with E-state index in [2.05, 4.69) is 0 Å². The number of benzene rings is 1. The predicted octanol–water partition coefficient (Wildman–Crippen LogP) is 4.26. The third-order valence-electron chi connectivity index (χ3n) is 6.15. The van der Waals surface area contributed by atoms with Crippen LogP contribution < -0.4 is 4.74 Å². The fourth-order valence-corrected chi connectivity index (χ4v) is 5.55. The topological polar surface area (TPSA) is 26.3 Å². The van der Waals surface area contributed by atoms with Gasteiger partial charge in [-0.1, -0.05) is 11.6 Å². The molecule has 0 aliphatic heterocycles. The van der Waals surface area contributed by atoms with Crippen LogP contribution in [0.15, 0.2) is 18.2 Å². The molecule has 0 saturated heterocycles. The fourth-order valence-electron chi connectivity index (χ4n) is 5.55. The molecule has 1 aromatic carbocycles. The van der Waals surface area contributed by atoms with Crippen molar-refractivity contribution in [3.05, 3.63) is 29.3 Å². The Hall–Kier alpha value is -1.31. The molecule has 0 aromatic heterocycles. The molecule has 0 radical (unpaired) electrons. The lowest BCUT2D eigenvalue weighted by atomic mass is 9.51. The van der Waals surface area contributed by atoms with Crippen LogP contribution in [0.2, 0.25) is 0 Å². The second kappa shape index (κ2) is 4.86. The molecule has 0 unspecified atom stereocenters. The van der Waals surface area contributed by atoms with Gasteiger partial charge in [-0.2, -0.15) is 0 Å². The predicted molar refractivity (Wildman–Crippen MR) is 82.6 cm³/mol. The van der Waals surface area contributed by atoms with Crippen molar-refractivity contribution in [2.75, 3.05) is 7.11 Å². The van der Waals surface area contributed by atoms with Crippen molar-refractivity contribution in [3.8, 4) is 5.75 Å². The normalized spacial score (nSPS) is 36.8. The number of aryl methyl sites for hydroxylation is 1. The van der Waals surface area contributed by atoms with Gasteiger partial charge in [0.1, 0.15) is 5.75 Å². The molecule has 0 atom stereocenters. The van der Waals surface area contributed by atoms with Crippen molar-refractivity contribution in [1.82, 2.24) is 0 Å². The third-order valence-corrected chi connectivity index (χ3v) is 6.15. The van der Waals surface area contributed by atoms with Gasteiger partial charge in [-0.05, 0) is 74.8 Å². The van der Waals surface area contributed by atoms with Gasteiger partial charge in [-0.15, -0.1) is 0 Å². The molecule has 5 rings (SSSR count). The number of methoxy groups -OCH3 is 1. The molecule has 1 aromatic rings. The summed E-state index contributed by atoms with van der Waals surface area (Å²) in [5.74, 6) is 4.46. The van der Waals surface area contributed by atoms with Gasteiger partial charge in [-0.3, -0.25) is 4.79 Å². The molecule has 4 bridgehead atoms. The summed E-state index contributed by atoms with van der Waals surface area (Å²) in [7, 11) is 1.67. The summed E-state index contributed by atoms with van der Waals surface area (Å²) in [6.45, 7) is 2.05. The van der Waals surface area contributed by atoms with E-state index in [4.69, 9.17) is 4.74 Å². The third kappa shape index (κ3) is 2.11. The molecule has 112 valence electrons. The Balaban J connectivity index is 1.67. The molecule has 21 heavy (non-hydrogen) atoms. The maximum absolute atomic E-state index is 13.2. The van der Waals surface area contributed by atoms with Crippen LogP contribution in [-0.4, -0.2) is 12.9 Å². The molecule has 4 aliphatic carbocycles. The highest BCUT2D eigenvalue weighted by Gasteiger charge is 2.50. The summed E-state index contributed by atoms with van der Waals surface area (Å²) in [4.78, 5) is 13.2. The molecule has 2 nitrogen and oxygen atoms in total. The van der Waals surface area contributed by atoms with E-state index in [1.54, 1.807) is 7.11 Å². The first-order valence-corrected chi connectivity index (χ1v) is 8.34. The van der Waals surface area contributed by atoms with Crippen LogP contribution in [0, 0.1) is 36.5 Å². The molecule has 0 heterocycles. The first-order chi connectivity index (χ1) is 10.2. The van der Waals surface area contributed by atoms with Gasteiger partial charge in [0.15, 0.2) is 5.78 Å². The number of carbonyl (C=O) groups is 1. The summed E-state index contributed by atoms with van der Waals surface area (Å²) < 4.78 is 5.44. The molecule has 4 aliphatic rings. The smallest absolute Gasteiger partial charge is 0.170 e. The van der Waals surface area contributed by atoms with Gasteiger partial charge in [-0.25, -0.2) is 0 Å². The number of hydrogen-bond donors (Lipinski definition) is 0. The van der Waals surface area contributed by atoms with Crippen LogP contribution in [0.4, 0.5) is 0 Å². The van der Waals surface area contributed by atoms with E-state index in [9.17, 15) is 4.79 Å². The van der Waals surface area contributed by atoms with E-state index in [1.165, 1.54) is 32.1 Å². The molecule has 0 spiro atoms. The number of Topliss-reactive ketones (excluding diaryl/α,β-unsaturated/α-hetero) is 1. The van der Waals surface area contributed by atoms with Crippen LogP contribution in [0.1, 0.15) is 48.0 Å². The standard InChI is InChI=1S/C19H24O2/c1-11-3-4-17(21-2)16(5-11)19(20)18-14-7-12-6-13(9-14)10-15(18)8-12/h3-5,12-15,18H,6-10H2,1-2H3. The number of rotatable bonds is 3. The first-order valence-electron chi connectivity index (χ1n) is 8.34. The highest BCUT2D eigenvalue weighted by molar-refractivity contribution is 6.01. The lowest BCUT2D eigenvalue weighted by Gasteiger charge is -2.53. The lowest BCUT2D eigenvalue weighted by Crippen LogP contribution is -2.48. The fraction of sp³-hybridized carbons (Fsp3) is 0.632. The summed E-state index contributed by atoms with van der Waals surface area (Å²) >= 11 is 0. The highest BCUT2D eigenvalue weighted by Crippen LogP contribution is 2.57. The Kier molecular flexibility index (Phi) is 3.09. The number of hydrogen-bond acceptors (Lipinski definition) is 2. The molecule has 2 heteroatoms. The Bertz CT molecular complexity index is 547. The van der Waals surface area contributed by atoms with Gasteiger partial charge in [0.2, 0.25) is 0 Å². The van der Waals surface area contributed by atoms with E-state index in [-0.39, 0.29) is 5.92 Å². The van der Waals surface area contributed by atoms with E-state index in [1.807, 2.05) is 25.1 Å². The zero-order chi connectivity index (χ0) is 14.6. The zero-order valence-corrected chi connectivity index (χ0v) is 13.0. The monoisotopic (exact) mass is 284 g/mol. The van der Waals surface area contributed by atoms with Crippen LogP contribution >= 0.6 is 0 Å². The van der Waals surface area contributed by atoms with Gasteiger partial charge in [0.05, 0.1) is 12.7 Å². The van der Waals surface area contributed by atoms with Gasteiger partial charge >= 0.3 is 0 Å². The van der Waals surface area contributed by atoms with Gasteiger partial charge in [0.25, 0.3) is 0 Å². The summed E-state index contributed by atoms with van der Waals surface area (Å²) in [5, 5.41) is 0. The number of ketones is 1. The molecular weight excluding hydrogens is 260 g/mol. The quantitative estimate of drug-likeness (QED) is 0.775. The largest absolute Gasteiger partial charge is 0.496 e. The van der Waals surface area contributed by atoms with Crippen molar-refractivity contribution in [1.29, 1.82) is 0 Å². The number of ether oxygens (including phenoxy) is 1. The Morgan fingerprint density at radius 1 is 1.05 bits per heavy atom. The molecule has 4 fully saturated rings. The van der Waals surface area contributed by atoms with E-state index >= 15 is 0 Å². The van der Waals surface area contributed by atoms with Crippen molar-refractivity contribution < 1.29 is 9.53 Å². The second-order valence-electron chi connectivity index (χ2n) is 7.52.